The number of rotatable bonds is 4. The van der Waals surface area contributed by atoms with Crippen molar-refractivity contribution < 1.29 is 9.59 Å². The normalized spacial score (nSPS) is 10.1. The summed E-state index contributed by atoms with van der Waals surface area (Å²) in [6.45, 7) is 3.88. The highest BCUT2D eigenvalue weighted by Crippen LogP contribution is 2.16. The molecule has 0 aliphatic heterocycles. The van der Waals surface area contributed by atoms with Crippen molar-refractivity contribution in [1.82, 2.24) is 4.90 Å². The fraction of sp³-hybridized carbons (Fsp3) is 0.385. The van der Waals surface area contributed by atoms with Gasteiger partial charge in [-0.05, 0) is 36.6 Å². The number of halogens is 1. The van der Waals surface area contributed by atoms with Gasteiger partial charge in [-0.1, -0.05) is 22.0 Å². The number of carbonyl (C=O) groups excluding carboxylic acids is 2. The van der Waals surface area contributed by atoms with Gasteiger partial charge in [0.2, 0.25) is 5.78 Å². The Morgan fingerprint density at radius 3 is 2.59 bits per heavy atom. The van der Waals surface area contributed by atoms with E-state index in [2.05, 4.69) is 15.9 Å². The van der Waals surface area contributed by atoms with Crippen molar-refractivity contribution in [2.45, 2.75) is 20.3 Å². The molecule has 0 fully saturated rings. The molecule has 4 heteroatoms. The molecular formula is C13H16BrNO2. The molecule has 92 valence electrons. The molecule has 0 N–H and O–H groups in total. The van der Waals surface area contributed by atoms with E-state index in [1.54, 1.807) is 7.05 Å². The molecule has 0 radical (unpaired) electrons. The Bertz CT molecular complexity index is 443. The molecule has 0 bridgehead atoms. The van der Waals surface area contributed by atoms with Crippen molar-refractivity contribution in [3.05, 3.63) is 33.8 Å². The number of hydrogen-bond donors (Lipinski definition) is 0. The molecule has 0 saturated carbocycles. The lowest BCUT2D eigenvalue weighted by Gasteiger charge is -2.16. The number of likely N-dealkylation sites (N-methyl/N-ethyl adjacent to an activating group) is 1. The lowest BCUT2D eigenvalue weighted by Crippen LogP contribution is -2.33. The van der Waals surface area contributed by atoms with Gasteiger partial charge in [-0.25, -0.2) is 0 Å². The topological polar surface area (TPSA) is 37.4 Å². The number of amides is 1. The van der Waals surface area contributed by atoms with Crippen molar-refractivity contribution >= 4 is 27.6 Å². The summed E-state index contributed by atoms with van der Waals surface area (Å²) in [5, 5.41) is 0. The molecule has 0 aromatic heterocycles. The summed E-state index contributed by atoms with van der Waals surface area (Å²) < 4.78 is 1.03. The zero-order valence-corrected chi connectivity index (χ0v) is 11.9. The zero-order valence-electron chi connectivity index (χ0n) is 10.3. The van der Waals surface area contributed by atoms with Crippen LogP contribution in [0.4, 0.5) is 0 Å². The number of Topliss-reactive ketones (excluding diaryl/α,β-unsaturated/α-hetero) is 1. The first-order valence-electron chi connectivity index (χ1n) is 5.43. The highest BCUT2D eigenvalue weighted by atomic mass is 79.9. The number of carbonyl (C=O) groups is 2. The number of aryl methyl sites for hydroxylation is 1. The number of benzene rings is 1. The standard InChI is InChI=1S/C13H16BrNO2/c1-9-4-5-12(14)8-11(9)6-7-15(3)13(17)10(2)16/h4-5,8H,6-7H2,1-3H3. The van der Waals surface area contributed by atoms with Crippen LogP contribution in [0, 0.1) is 6.92 Å². The van der Waals surface area contributed by atoms with E-state index < -0.39 is 11.7 Å². The maximum absolute atomic E-state index is 11.4. The maximum Gasteiger partial charge on any atom is 0.289 e. The lowest BCUT2D eigenvalue weighted by molar-refractivity contribution is -0.142. The fourth-order valence-corrected chi connectivity index (χ4v) is 1.98. The van der Waals surface area contributed by atoms with Crippen molar-refractivity contribution in [2.24, 2.45) is 0 Å². The number of hydrogen-bond acceptors (Lipinski definition) is 2. The van der Waals surface area contributed by atoms with E-state index in [0.29, 0.717) is 6.54 Å². The monoisotopic (exact) mass is 297 g/mol. The minimum Gasteiger partial charge on any atom is -0.339 e. The summed E-state index contributed by atoms with van der Waals surface area (Å²) in [7, 11) is 1.65. The summed E-state index contributed by atoms with van der Waals surface area (Å²) in [4.78, 5) is 23.8. The second-order valence-electron chi connectivity index (χ2n) is 4.10. The zero-order chi connectivity index (χ0) is 13.0. The van der Waals surface area contributed by atoms with Crippen LogP contribution in [0.15, 0.2) is 22.7 Å². The van der Waals surface area contributed by atoms with Crippen LogP contribution in [0.25, 0.3) is 0 Å². The predicted octanol–water partition coefficient (Wildman–Crippen LogP) is 2.35. The molecule has 0 saturated heterocycles. The van der Waals surface area contributed by atoms with Gasteiger partial charge in [0.25, 0.3) is 5.91 Å². The van der Waals surface area contributed by atoms with Gasteiger partial charge in [-0.3, -0.25) is 9.59 Å². The van der Waals surface area contributed by atoms with Gasteiger partial charge in [-0.15, -0.1) is 0 Å². The summed E-state index contributed by atoms with van der Waals surface area (Å²) in [6, 6.07) is 6.07. The summed E-state index contributed by atoms with van der Waals surface area (Å²) >= 11 is 3.42. The molecule has 1 aromatic carbocycles. The second kappa shape index (κ2) is 5.96. The van der Waals surface area contributed by atoms with Crippen molar-refractivity contribution in [3.63, 3.8) is 0 Å². The largest absolute Gasteiger partial charge is 0.339 e. The molecule has 0 aliphatic rings. The second-order valence-corrected chi connectivity index (χ2v) is 5.02. The molecule has 0 heterocycles. The first-order valence-corrected chi connectivity index (χ1v) is 6.22. The molecule has 3 nitrogen and oxygen atoms in total. The molecule has 17 heavy (non-hydrogen) atoms. The van der Waals surface area contributed by atoms with E-state index in [1.807, 2.05) is 25.1 Å². The first kappa shape index (κ1) is 13.9. The van der Waals surface area contributed by atoms with Crippen LogP contribution in [-0.4, -0.2) is 30.2 Å². The van der Waals surface area contributed by atoms with E-state index in [1.165, 1.54) is 23.0 Å². The molecule has 0 spiro atoms. The third kappa shape index (κ3) is 3.97. The maximum atomic E-state index is 11.4. The van der Waals surface area contributed by atoms with Gasteiger partial charge in [-0.2, -0.15) is 0 Å². The Labute approximate surface area is 110 Å². The van der Waals surface area contributed by atoms with Crippen LogP contribution in [0.3, 0.4) is 0 Å². The Morgan fingerprint density at radius 2 is 2.00 bits per heavy atom. The van der Waals surface area contributed by atoms with Gasteiger partial charge >= 0.3 is 0 Å². The summed E-state index contributed by atoms with van der Waals surface area (Å²) in [5.41, 5.74) is 2.37. The summed E-state index contributed by atoms with van der Waals surface area (Å²) in [5.74, 6) is -0.851. The molecule has 0 aliphatic carbocycles. The summed E-state index contributed by atoms with van der Waals surface area (Å²) in [6.07, 6.45) is 0.751. The van der Waals surface area contributed by atoms with Crippen LogP contribution in [0.2, 0.25) is 0 Å². The highest BCUT2D eigenvalue weighted by Gasteiger charge is 2.13. The van der Waals surface area contributed by atoms with Crippen molar-refractivity contribution in [3.8, 4) is 0 Å². The van der Waals surface area contributed by atoms with Crippen molar-refractivity contribution in [1.29, 1.82) is 0 Å². The van der Waals surface area contributed by atoms with Gasteiger partial charge in [0, 0.05) is 25.0 Å². The Balaban J connectivity index is 2.64. The van der Waals surface area contributed by atoms with Gasteiger partial charge < -0.3 is 4.90 Å². The quantitative estimate of drug-likeness (QED) is 0.800. The molecule has 1 rings (SSSR count). The highest BCUT2D eigenvalue weighted by molar-refractivity contribution is 9.10. The van der Waals surface area contributed by atoms with Gasteiger partial charge in [0.05, 0.1) is 0 Å². The van der Waals surface area contributed by atoms with Crippen LogP contribution in [0.5, 0.6) is 0 Å². The third-order valence-electron chi connectivity index (χ3n) is 2.68. The number of ketones is 1. The van der Waals surface area contributed by atoms with Crippen LogP contribution in [0.1, 0.15) is 18.1 Å². The minimum absolute atomic E-state index is 0.418. The Kier molecular flexibility index (Phi) is 4.87. The van der Waals surface area contributed by atoms with Crippen LogP contribution >= 0.6 is 15.9 Å². The predicted molar refractivity (Wildman–Crippen MR) is 70.9 cm³/mol. The lowest BCUT2D eigenvalue weighted by atomic mass is 10.1. The smallest absolute Gasteiger partial charge is 0.289 e. The fourth-order valence-electron chi connectivity index (χ4n) is 1.57. The van der Waals surface area contributed by atoms with Gasteiger partial charge in [0.15, 0.2) is 0 Å². The molecular weight excluding hydrogens is 282 g/mol. The molecule has 1 amide bonds. The Hall–Kier alpha value is -1.16. The van der Waals surface area contributed by atoms with Crippen LogP contribution in [-0.2, 0) is 16.0 Å². The van der Waals surface area contributed by atoms with E-state index in [-0.39, 0.29) is 0 Å². The van der Waals surface area contributed by atoms with Crippen molar-refractivity contribution in [2.75, 3.05) is 13.6 Å². The van der Waals surface area contributed by atoms with E-state index in [9.17, 15) is 9.59 Å². The average molecular weight is 298 g/mol. The van der Waals surface area contributed by atoms with E-state index in [4.69, 9.17) is 0 Å². The third-order valence-corrected chi connectivity index (χ3v) is 3.17. The molecule has 1 aromatic rings. The van der Waals surface area contributed by atoms with Gasteiger partial charge in [0.1, 0.15) is 0 Å². The molecule has 0 unspecified atom stereocenters. The Morgan fingerprint density at radius 1 is 1.35 bits per heavy atom. The van der Waals surface area contributed by atoms with Crippen LogP contribution < -0.4 is 0 Å². The SMILES string of the molecule is CC(=O)C(=O)N(C)CCc1cc(Br)ccc1C. The van der Waals surface area contributed by atoms with E-state index >= 15 is 0 Å². The minimum atomic E-state index is -0.433. The van der Waals surface area contributed by atoms with E-state index in [0.717, 1.165) is 10.9 Å². The molecule has 0 atom stereocenters. The first-order chi connectivity index (χ1) is 7.91. The number of nitrogens with zero attached hydrogens (tertiary/aromatic N) is 1. The average Bonchev–Trinajstić information content (AvgIpc) is 2.28.